The van der Waals surface area contributed by atoms with Crippen LogP contribution >= 0.6 is 0 Å². The molecule has 1 unspecified atom stereocenters. The van der Waals surface area contributed by atoms with Crippen LogP contribution in [-0.4, -0.2) is 20.3 Å². The van der Waals surface area contributed by atoms with Crippen molar-refractivity contribution < 1.29 is 13.9 Å². The average Bonchev–Trinajstić information content (AvgIpc) is 2.20. The Bertz CT molecular complexity index is 340. The Hall–Kier alpha value is -1.29. The van der Waals surface area contributed by atoms with Gasteiger partial charge >= 0.3 is 0 Å². The number of hydrogen-bond acceptors (Lipinski definition) is 3. The molecule has 0 heterocycles. The van der Waals surface area contributed by atoms with Gasteiger partial charge in [-0.25, -0.2) is 4.39 Å². The van der Waals surface area contributed by atoms with Crippen LogP contribution in [0.15, 0.2) is 12.1 Å². The fourth-order valence-electron chi connectivity index (χ4n) is 1.39. The normalized spacial score (nSPS) is 12.3. The number of halogens is 1. The van der Waals surface area contributed by atoms with Gasteiger partial charge in [-0.1, -0.05) is 0 Å². The van der Waals surface area contributed by atoms with Crippen LogP contribution in [0.2, 0.25) is 0 Å². The van der Waals surface area contributed by atoms with Crippen molar-refractivity contribution in [2.45, 2.75) is 19.4 Å². The number of rotatable bonds is 4. The molecule has 0 spiro atoms. The number of hydrogen-bond donors (Lipinski definition) is 1. The number of ether oxygens (including phenoxy) is 2. The maximum atomic E-state index is 13.7. The van der Waals surface area contributed by atoms with Crippen LogP contribution in [0.5, 0.6) is 11.5 Å². The van der Waals surface area contributed by atoms with Crippen molar-refractivity contribution in [2.24, 2.45) is 5.73 Å². The molecule has 2 N–H and O–H groups in total. The highest BCUT2D eigenvalue weighted by atomic mass is 19.1. The number of benzene rings is 1. The highest BCUT2D eigenvalue weighted by Gasteiger charge is 2.12. The molecule has 3 nitrogen and oxygen atoms in total. The van der Waals surface area contributed by atoms with Gasteiger partial charge in [0.1, 0.15) is 5.75 Å². The molecule has 0 aliphatic heterocycles. The first-order valence-electron chi connectivity index (χ1n) is 4.74. The first kappa shape index (κ1) is 11.8. The zero-order valence-corrected chi connectivity index (χ0v) is 9.21. The summed E-state index contributed by atoms with van der Waals surface area (Å²) in [5.41, 5.74) is 6.14. The molecule has 0 aliphatic rings. The zero-order valence-electron chi connectivity index (χ0n) is 9.21. The summed E-state index contributed by atoms with van der Waals surface area (Å²) in [5, 5.41) is 0. The van der Waals surface area contributed by atoms with Crippen LogP contribution in [0.1, 0.15) is 12.5 Å². The van der Waals surface area contributed by atoms with Crippen LogP contribution < -0.4 is 15.2 Å². The molecule has 84 valence electrons. The lowest BCUT2D eigenvalue weighted by Crippen LogP contribution is -2.18. The van der Waals surface area contributed by atoms with Gasteiger partial charge in [-0.05, 0) is 25.0 Å². The maximum Gasteiger partial charge on any atom is 0.168 e. The molecule has 0 aromatic heterocycles. The quantitative estimate of drug-likeness (QED) is 0.828. The highest BCUT2D eigenvalue weighted by Crippen LogP contribution is 2.27. The van der Waals surface area contributed by atoms with Gasteiger partial charge < -0.3 is 15.2 Å². The smallest absolute Gasteiger partial charge is 0.168 e. The van der Waals surface area contributed by atoms with E-state index in [1.54, 1.807) is 6.07 Å². The molecular formula is C11H16FNO2. The summed E-state index contributed by atoms with van der Waals surface area (Å²) >= 11 is 0. The van der Waals surface area contributed by atoms with Crippen LogP contribution in [0, 0.1) is 5.82 Å². The van der Waals surface area contributed by atoms with E-state index in [0.29, 0.717) is 17.7 Å². The van der Waals surface area contributed by atoms with Crippen molar-refractivity contribution >= 4 is 0 Å². The molecule has 1 aromatic rings. The number of methoxy groups -OCH3 is 2. The largest absolute Gasteiger partial charge is 0.497 e. The Balaban J connectivity index is 3.12. The molecule has 0 radical (unpaired) electrons. The monoisotopic (exact) mass is 213 g/mol. The molecule has 0 saturated carbocycles. The first-order valence-corrected chi connectivity index (χ1v) is 4.74. The van der Waals surface area contributed by atoms with Crippen LogP contribution in [0.3, 0.4) is 0 Å². The van der Waals surface area contributed by atoms with Gasteiger partial charge in [0.05, 0.1) is 14.2 Å². The average molecular weight is 213 g/mol. The lowest BCUT2D eigenvalue weighted by molar-refractivity contribution is 0.370. The van der Waals surface area contributed by atoms with Crippen molar-refractivity contribution in [2.75, 3.05) is 14.2 Å². The molecule has 15 heavy (non-hydrogen) atoms. The van der Waals surface area contributed by atoms with Crippen LogP contribution in [0.25, 0.3) is 0 Å². The standard InChI is InChI=1S/C11H16FNO2/c1-7(13)4-8-5-9(14-2)6-10(15-3)11(8)12/h5-7H,4,13H2,1-3H3. The summed E-state index contributed by atoms with van der Waals surface area (Å²) in [5.74, 6) is 0.393. The highest BCUT2D eigenvalue weighted by molar-refractivity contribution is 5.40. The molecule has 0 aliphatic carbocycles. The van der Waals surface area contributed by atoms with Gasteiger partial charge in [0.2, 0.25) is 0 Å². The minimum Gasteiger partial charge on any atom is -0.497 e. The second kappa shape index (κ2) is 4.98. The van der Waals surface area contributed by atoms with Crippen molar-refractivity contribution in [1.29, 1.82) is 0 Å². The van der Waals surface area contributed by atoms with E-state index in [9.17, 15) is 4.39 Å². The van der Waals surface area contributed by atoms with Crippen molar-refractivity contribution in [1.82, 2.24) is 0 Å². The van der Waals surface area contributed by atoms with E-state index in [1.165, 1.54) is 20.3 Å². The minimum atomic E-state index is -0.365. The summed E-state index contributed by atoms with van der Waals surface area (Å²) in [7, 11) is 2.95. The van der Waals surface area contributed by atoms with E-state index in [-0.39, 0.29) is 17.6 Å². The molecule has 1 atom stereocenters. The van der Waals surface area contributed by atoms with Gasteiger partial charge in [0.15, 0.2) is 11.6 Å². The van der Waals surface area contributed by atoms with Crippen LogP contribution in [-0.2, 0) is 6.42 Å². The Morgan fingerprint density at radius 1 is 1.33 bits per heavy atom. The summed E-state index contributed by atoms with van der Waals surface area (Å²) < 4.78 is 23.7. The van der Waals surface area contributed by atoms with Crippen molar-refractivity contribution in [3.05, 3.63) is 23.5 Å². The van der Waals surface area contributed by atoms with Crippen molar-refractivity contribution in [3.8, 4) is 11.5 Å². The third-order valence-corrected chi connectivity index (χ3v) is 2.09. The summed E-state index contributed by atoms with van der Waals surface area (Å²) in [6.07, 6.45) is 0.458. The summed E-state index contributed by atoms with van der Waals surface area (Å²) in [6, 6.07) is 3.05. The van der Waals surface area contributed by atoms with Gasteiger partial charge in [0.25, 0.3) is 0 Å². The topological polar surface area (TPSA) is 44.5 Å². The summed E-state index contributed by atoms with van der Waals surface area (Å²) in [4.78, 5) is 0. The summed E-state index contributed by atoms with van der Waals surface area (Å²) in [6.45, 7) is 1.82. The Morgan fingerprint density at radius 2 is 2.00 bits per heavy atom. The Labute approximate surface area is 89.0 Å². The fourth-order valence-corrected chi connectivity index (χ4v) is 1.39. The second-order valence-electron chi connectivity index (χ2n) is 3.48. The van der Waals surface area contributed by atoms with Gasteiger partial charge in [-0.15, -0.1) is 0 Å². The Kier molecular flexibility index (Phi) is 3.91. The molecule has 4 heteroatoms. The van der Waals surface area contributed by atoms with Crippen molar-refractivity contribution in [3.63, 3.8) is 0 Å². The lowest BCUT2D eigenvalue weighted by atomic mass is 10.1. The lowest BCUT2D eigenvalue weighted by Gasteiger charge is -2.11. The molecule has 0 bridgehead atoms. The van der Waals surface area contributed by atoms with Gasteiger partial charge in [-0.3, -0.25) is 0 Å². The second-order valence-corrected chi connectivity index (χ2v) is 3.48. The predicted octanol–water partition coefficient (Wildman–Crippen LogP) is 1.73. The Morgan fingerprint density at radius 3 is 2.47 bits per heavy atom. The van der Waals surface area contributed by atoms with Crippen LogP contribution in [0.4, 0.5) is 4.39 Å². The van der Waals surface area contributed by atoms with Gasteiger partial charge in [0, 0.05) is 12.1 Å². The SMILES string of the molecule is COc1cc(CC(C)N)c(F)c(OC)c1. The predicted molar refractivity (Wildman–Crippen MR) is 56.9 cm³/mol. The fraction of sp³-hybridized carbons (Fsp3) is 0.455. The third kappa shape index (κ3) is 2.83. The molecule has 0 amide bonds. The van der Waals surface area contributed by atoms with E-state index >= 15 is 0 Å². The maximum absolute atomic E-state index is 13.7. The van der Waals surface area contributed by atoms with E-state index in [2.05, 4.69) is 0 Å². The third-order valence-electron chi connectivity index (χ3n) is 2.09. The van der Waals surface area contributed by atoms with Gasteiger partial charge in [-0.2, -0.15) is 0 Å². The zero-order chi connectivity index (χ0) is 11.4. The van der Waals surface area contributed by atoms with E-state index in [4.69, 9.17) is 15.2 Å². The van der Waals surface area contributed by atoms with E-state index in [0.717, 1.165) is 0 Å². The molecule has 0 saturated heterocycles. The minimum absolute atomic E-state index is 0.101. The van der Waals surface area contributed by atoms with E-state index in [1.807, 2.05) is 6.92 Å². The molecule has 1 aromatic carbocycles. The molecule has 1 rings (SSSR count). The van der Waals surface area contributed by atoms with E-state index < -0.39 is 0 Å². The molecular weight excluding hydrogens is 197 g/mol. The first-order chi connectivity index (χ1) is 7.08. The molecule has 0 fully saturated rings. The number of nitrogens with two attached hydrogens (primary N) is 1.